The zero-order valence-corrected chi connectivity index (χ0v) is 64.0. The van der Waals surface area contributed by atoms with Crippen molar-refractivity contribution >= 4 is 70.9 Å². The summed E-state index contributed by atoms with van der Waals surface area (Å²) in [5.74, 6) is -9.63. The van der Waals surface area contributed by atoms with E-state index >= 15 is 33.6 Å². The van der Waals surface area contributed by atoms with Crippen LogP contribution in [-0.2, 0) is 81.5 Å². The summed E-state index contributed by atoms with van der Waals surface area (Å²) >= 11 is 0. The van der Waals surface area contributed by atoms with Crippen LogP contribution < -0.4 is 21.3 Å². The lowest BCUT2D eigenvalue weighted by atomic mass is 9.97. The summed E-state index contributed by atoms with van der Waals surface area (Å²) in [5, 5.41) is 22.4. The first-order valence-corrected chi connectivity index (χ1v) is 36.1. The minimum Gasteiger partial charge on any atom is -0.391 e. The molecule has 2 aliphatic heterocycles. The fourth-order valence-corrected chi connectivity index (χ4v) is 12.9. The number of aliphatic hydroxyl groups is 1. The fraction of sp³-hybridized carbons (Fsp3) is 0.610. The number of carbonyl (C=O) groups is 12. The number of likely N-dealkylation sites (tertiary alicyclic amines) is 1. The third-order valence-corrected chi connectivity index (χ3v) is 19.1. The lowest BCUT2D eigenvalue weighted by Crippen LogP contribution is -2.62. The van der Waals surface area contributed by atoms with Crippen molar-refractivity contribution in [2.45, 2.75) is 212 Å². The highest BCUT2D eigenvalue weighted by molar-refractivity contribution is 6.00. The average Bonchev–Trinajstić information content (AvgIpc) is 0.813. The number of aliphatic hydroxyl groups excluding tert-OH is 1. The summed E-state index contributed by atoms with van der Waals surface area (Å²) in [7, 11) is 9.68. The highest BCUT2D eigenvalue weighted by Gasteiger charge is 2.44. The maximum atomic E-state index is 15.8. The number of piperidine rings is 1. The quantitative estimate of drug-likeness (QED) is 0.136. The number of benzene rings is 3. The van der Waals surface area contributed by atoms with E-state index in [-0.39, 0.29) is 56.3 Å². The van der Waals surface area contributed by atoms with Gasteiger partial charge in [-0.2, -0.15) is 0 Å². The third-order valence-electron chi connectivity index (χ3n) is 19.1. The van der Waals surface area contributed by atoms with Gasteiger partial charge in [-0.05, 0) is 108 Å². The molecule has 26 nitrogen and oxygen atoms in total. The van der Waals surface area contributed by atoms with Crippen LogP contribution in [-0.4, -0.2) is 263 Å². The predicted octanol–water partition coefficient (Wildman–Crippen LogP) is 3.84. The van der Waals surface area contributed by atoms with Crippen LogP contribution in [0.5, 0.6) is 0 Å². The van der Waals surface area contributed by atoms with Gasteiger partial charge in [0.05, 0.1) is 31.3 Å². The second-order valence-electron chi connectivity index (χ2n) is 30.1. The largest absolute Gasteiger partial charge is 0.391 e. The first-order chi connectivity index (χ1) is 48.3. The number of hydrogen-bond acceptors (Lipinski definition) is 14. The Labute approximate surface area is 609 Å². The molecule has 0 aliphatic carbocycles. The zero-order valence-electron chi connectivity index (χ0n) is 64.0. The van der Waals surface area contributed by atoms with Crippen LogP contribution >= 0.6 is 0 Å². The van der Waals surface area contributed by atoms with Crippen LogP contribution in [0, 0.1) is 17.8 Å². The molecule has 103 heavy (non-hydrogen) atoms. The standard InChI is InChI=1S/C77H116N12O14/c1-48(2)39-56-71(97)85(15)59(41-50(5)6)69(95)81-66(52(8)90)76(102)82(12)46-65(92)83(13)58(40-49(3)4)67(93)80-57(47-103-77(9,10)11)72(98)86(16)61(43-54-33-25-20-26-34-54)73(99)87(17)62(44-55-35-27-21-28-36-55)74(100)88(18)63(75(101)89-37-29-22-30-38-89)45-64(91)78-51(7)70(96)84(14)60(68(94)79-56)42-53-31-23-19-24-32-53/h19-21,23-28,31-36,48-52,56-63,66,90H,22,29-30,37-47H2,1-18H3,(H,78,91)(H,79,94)(H,80,93)(H,81,95)/t51-,52-,56+,57+,58+,59+,60+,61+,62+,63+,66+/m1/s1. The number of hydrogen-bond donors (Lipinski definition) is 5. The summed E-state index contributed by atoms with van der Waals surface area (Å²) in [5.41, 5.74) is 1.02. The van der Waals surface area contributed by atoms with Gasteiger partial charge in [0.25, 0.3) is 0 Å². The molecular formula is C77H116N12O14. The first-order valence-electron chi connectivity index (χ1n) is 36.1. The molecule has 11 atom stereocenters. The van der Waals surface area contributed by atoms with Gasteiger partial charge in [0.15, 0.2) is 0 Å². The highest BCUT2D eigenvalue weighted by atomic mass is 16.5. The van der Waals surface area contributed by atoms with Gasteiger partial charge < -0.3 is 70.3 Å². The van der Waals surface area contributed by atoms with E-state index < -0.39 is 163 Å². The van der Waals surface area contributed by atoms with Crippen LogP contribution in [0.15, 0.2) is 91.0 Å². The Balaban J connectivity index is 1.72. The molecular weight excluding hydrogens is 1320 g/mol. The Hall–Kier alpha value is -8.78. The van der Waals surface area contributed by atoms with Crippen molar-refractivity contribution in [2.75, 3.05) is 75.6 Å². The van der Waals surface area contributed by atoms with Gasteiger partial charge in [0, 0.05) is 81.7 Å². The Morgan fingerprint density at radius 2 is 0.874 bits per heavy atom. The van der Waals surface area contributed by atoms with Gasteiger partial charge in [-0.25, -0.2) is 0 Å². The van der Waals surface area contributed by atoms with Gasteiger partial charge in [-0.3, -0.25) is 57.5 Å². The van der Waals surface area contributed by atoms with Crippen molar-refractivity contribution in [3.8, 4) is 0 Å². The van der Waals surface area contributed by atoms with E-state index in [2.05, 4.69) is 21.3 Å². The molecule has 3 aromatic rings. The molecule has 2 heterocycles. The molecule has 5 N–H and O–H groups in total. The second kappa shape index (κ2) is 39.2. The van der Waals surface area contributed by atoms with Crippen molar-refractivity contribution < 1.29 is 67.4 Å². The minimum atomic E-state index is -1.67. The molecule has 0 radical (unpaired) electrons. The van der Waals surface area contributed by atoms with Crippen molar-refractivity contribution in [3.63, 3.8) is 0 Å². The number of amides is 12. The first kappa shape index (κ1) is 84.9. The monoisotopic (exact) mass is 1430 g/mol. The zero-order chi connectivity index (χ0) is 76.9. The van der Waals surface area contributed by atoms with Crippen molar-refractivity contribution in [1.82, 2.24) is 60.5 Å². The van der Waals surface area contributed by atoms with E-state index in [9.17, 15) is 29.1 Å². The van der Waals surface area contributed by atoms with E-state index in [1.54, 1.807) is 117 Å². The van der Waals surface area contributed by atoms with Crippen molar-refractivity contribution in [3.05, 3.63) is 108 Å². The minimum absolute atomic E-state index is 0.0520. The summed E-state index contributed by atoms with van der Waals surface area (Å²) in [6.45, 7) is 18.6. The predicted molar refractivity (Wildman–Crippen MR) is 392 cm³/mol. The van der Waals surface area contributed by atoms with Gasteiger partial charge >= 0.3 is 0 Å². The smallest absolute Gasteiger partial charge is 0.248 e. The van der Waals surface area contributed by atoms with Gasteiger partial charge in [0.1, 0.15) is 60.4 Å². The number of rotatable bonds is 16. The lowest BCUT2D eigenvalue weighted by Gasteiger charge is -2.39. The van der Waals surface area contributed by atoms with Crippen LogP contribution in [0.1, 0.15) is 138 Å². The molecule has 0 unspecified atom stereocenters. The number of ether oxygens (including phenoxy) is 1. The van der Waals surface area contributed by atoms with E-state index in [0.717, 1.165) is 21.1 Å². The summed E-state index contributed by atoms with van der Waals surface area (Å²) in [4.78, 5) is 191. The average molecular weight is 1430 g/mol. The maximum absolute atomic E-state index is 15.8. The maximum Gasteiger partial charge on any atom is 0.248 e. The Morgan fingerprint density at radius 1 is 0.476 bits per heavy atom. The van der Waals surface area contributed by atoms with E-state index in [4.69, 9.17) is 4.74 Å². The fourth-order valence-electron chi connectivity index (χ4n) is 12.9. The third kappa shape index (κ3) is 24.7. The molecule has 12 amide bonds. The van der Waals surface area contributed by atoms with Gasteiger partial charge in [-0.15, -0.1) is 0 Å². The Kier molecular flexibility index (Phi) is 32.3. The van der Waals surface area contributed by atoms with Gasteiger partial charge in [0.2, 0.25) is 70.9 Å². The Morgan fingerprint density at radius 3 is 1.34 bits per heavy atom. The molecule has 0 spiro atoms. The van der Waals surface area contributed by atoms with Crippen molar-refractivity contribution in [2.24, 2.45) is 17.8 Å². The SMILES string of the molecule is CC(C)C[C@@H]1NC(=O)[C@H](Cc2ccccc2)N(C)C(=O)[C@@H](C)NC(=O)C[C@@H](C(=O)N2CCCCC2)N(C)C(=O)[C@H](Cc2ccccc2)N(C)C(=O)[C@H](Cc2ccccc2)N(C)C(=O)[C@H](COC(C)(C)C)NC(=O)[C@H](CC(C)C)N(C)C(=O)CN(C)C(=O)[C@H]([C@@H](C)O)NC(=O)[C@H](CC(C)C)N(C)C1=O. The molecule has 0 saturated carbocycles. The van der Waals surface area contributed by atoms with Gasteiger partial charge in [-0.1, -0.05) is 133 Å². The van der Waals surface area contributed by atoms with Crippen LogP contribution in [0.25, 0.3) is 0 Å². The van der Waals surface area contributed by atoms with E-state index in [1.165, 1.54) is 82.8 Å². The second-order valence-corrected chi connectivity index (χ2v) is 30.1. The van der Waals surface area contributed by atoms with Crippen LogP contribution in [0.4, 0.5) is 0 Å². The summed E-state index contributed by atoms with van der Waals surface area (Å²) < 4.78 is 6.23. The molecule has 2 saturated heterocycles. The van der Waals surface area contributed by atoms with E-state index in [1.807, 2.05) is 41.5 Å². The molecule has 26 heteroatoms. The highest BCUT2D eigenvalue weighted by Crippen LogP contribution is 2.24. The number of nitrogens with one attached hydrogen (secondary N) is 4. The molecule has 5 rings (SSSR count). The Bertz CT molecular complexity index is 3360. The van der Waals surface area contributed by atoms with Crippen molar-refractivity contribution in [1.29, 1.82) is 0 Å². The normalized spacial score (nSPS) is 24.7. The van der Waals surface area contributed by atoms with Crippen LogP contribution in [0.3, 0.4) is 0 Å². The number of likely N-dealkylation sites (N-methyl/N-ethyl adjacent to an activating group) is 7. The molecule has 2 fully saturated rings. The van der Waals surface area contributed by atoms with Crippen LogP contribution in [0.2, 0.25) is 0 Å². The topological polar surface area (TPSA) is 308 Å². The number of carbonyl (C=O) groups excluding carboxylic acids is 12. The molecule has 0 aromatic heterocycles. The number of nitrogens with zero attached hydrogens (tertiary/aromatic N) is 8. The molecule has 568 valence electrons. The summed E-state index contributed by atoms with van der Waals surface area (Å²) in [6.07, 6.45) is -0.0946. The molecule has 3 aromatic carbocycles. The molecule has 2 aliphatic rings. The lowest BCUT2D eigenvalue weighted by molar-refractivity contribution is -0.155. The summed E-state index contributed by atoms with van der Waals surface area (Å²) in [6, 6.07) is 12.7. The van der Waals surface area contributed by atoms with E-state index in [0.29, 0.717) is 42.6 Å². The molecule has 0 bridgehead atoms.